The highest BCUT2D eigenvalue weighted by Gasteiger charge is 2.53. The molecule has 6 heteroatoms. The quantitative estimate of drug-likeness (QED) is 0.182. The van der Waals surface area contributed by atoms with Gasteiger partial charge in [-0.2, -0.15) is 0 Å². The molecule has 0 saturated heterocycles. The first kappa shape index (κ1) is 26.2. The van der Waals surface area contributed by atoms with Crippen molar-refractivity contribution in [3.8, 4) is 0 Å². The van der Waals surface area contributed by atoms with Crippen molar-refractivity contribution in [2.45, 2.75) is 164 Å². The van der Waals surface area contributed by atoms with Crippen LogP contribution in [0.2, 0.25) is 0 Å². The van der Waals surface area contributed by atoms with Gasteiger partial charge in [-0.25, -0.2) is 9.98 Å². The maximum absolute atomic E-state index is 5.76. The minimum atomic E-state index is 0.158. The van der Waals surface area contributed by atoms with Gasteiger partial charge in [0.15, 0.2) is 0 Å². The molecule has 0 heterocycles. The molecule has 0 atom stereocenters. The average Bonchev–Trinajstić information content (AvgIpc) is 2.91. The first-order valence-electron chi connectivity index (χ1n) is 17.8. The number of rotatable bonds is 4. The molecule has 10 saturated carbocycles. The van der Waals surface area contributed by atoms with E-state index in [1.807, 2.05) is 0 Å². The Morgan fingerprint density at radius 1 is 0.525 bits per heavy atom. The van der Waals surface area contributed by atoms with E-state index in [4.69, 9.17) is 9.98 Å². The smallest absolute Gasteiger partial charge is 0.211 e. The number of hydrazine groups is 1. The summed E-state index contributed by atoms with van der Waals surface area (Å²) in [4.78, 5) is 11.1. The lowest BCUT2D eigenvalue weighted by atomic mass is 9.53. The van der Waals surface area contributed by atoms with Crippen molar-refractivity contribution in [3.63, 3.8) is 0 Å². The average molecular weight is 549 g/mol. The molecule has 10 aliphatic rings. The molecule has 0 spiro atoms. The van der Waals surface area contributed by atoms with Gasteiger partial charge < -0.3 is 10.6 Å². The zero-order chi connectivity index (χ0) is 26.6. The Morgan fingerprint density at radius 2 is 1.00 bits per heavy atom. The molecule has 0 amide bonds. The standard InChI is InChI=1S/C34H56N6/c1-3-7-29(8-4-1)35-31(36-30-9-5-2-6-10-30)39-40-32(37-33-17-23-11-24(18-33)13-25(12-23)19-33)38-34-20-26-14-27(21-34)16-28(15-26)22-34/h23-30H,1-22H2,(H2,35,36,39)(H2,37,38,40). The number of hydrogen-bond acceptors (Lipinski definition) is 2. The van der Waals surface area contributed by atoms with Crippen molar-refractivity contribution in [1.29, 1.82) is 0 Å². The second kappa shape index (κ2) is 10.7. The molecule has 40 heavy (non-hydrogen) atoms. The predicted octanol–water partition coefficient (Wildman–Crippen LogP) is 6.57. The molecule has 0 aliphatic heterocycles. The molecule has 222 valence electrons. The third-order valence-corrected chi connectivity index (χ3v) is 12.9. The van der Waals surface area contributed by atoms with Crippen molar-refractivity contribution in [1.82, 2.24) is 21.5 Å². The van der Waals surface area contributed by atoms with Crippen LogP contribution in [-0.2, 0) is 0 Å². The van der Waals surface area contributed by atoms with Gasteiger partial charge in [-0.3, -0.25) is 10.9 Å². The summed E-state index contributed by atoms with van der Waals surface area (Å²) < 4.78 is 0. The number of hydrogen-bond donors (Lipinski definition) is 4. The van der Waals surface area contributed by atoms with Crippen LogP contribution in [0.1, 0.15) is 141 Å². The van der Waals surface area contributed by atoms with Gasteiger partial charge in [0.2, 0.25) is 11.9 Å². The van der Waals surface area contributed by atoms with Crippen LogP contribution >= 0.6 is 0 Å². The number of aliphatic imine (C=N–C) groups is 2. The van der Waals surface area contributed by atoms with Gasteiger partial charge in [-0.05, 0) is 138 Å². The van der Waals surface area contributed by atoms with Crippen molar-refractivity contribution >= 4 is 11.9 Å². The molecule has 10 rings (SSSR count). The van der Waals surface area contributed by atoms with E-state index in [1.165, 1.54) is 141 Å². The Kier molecular flexibility index (Phi) is 6.99. The molecule has 0 unspecified atom stereocenters. The lowest BCUT2D eigenvalue weighted by Crippen LogP contribution is -2.65. The number of nitrogens with one attached hydrogen (secondary N) is 4. The second-order valence-electron chi connectivity index (χ2n) is 16.4. The first-order valence-corrected chi connectivity index (χ1v) is 17.8. The molecule has 0 aromatic carbocycles. The van der Waals surface area contributed by atoms with Crippen LogP contribution < -0.4 is 21.5 Å². The minimum absolute atomic E-state index is 0.158. The lowest BCUT2D eigenvalue weighted by molar-refractivity contribution is -0.0123. The summed E-state index contributed by atoms with van der Waals surface area (Å²) in [6, 6.07) is 0.999. The summed E-state index contributed by atoms with van der Waals surface area (Å²) in [6.07, 6.45) is 30.0. The largest absolute Gasteiger partial charge is 0.352 e. The zero-order valence-corrected chi connectivity index (χ0v) is 25.1. The van der Waals surface area contributed by atoms with Crippen LogP contribution in [0.25, 0.3) is 0 Å². The molecule has 10 aliphatic carbocycles. The van der Waals surface area contributed by atoms with E-state index in [0.717, 1.165) is 47.4 Å². The highest BCUT2D eigenvalue weighted by atomic mass is 15.5. The fraction of sp³-hybridized carbons (Fsp3) is 0.941. The summed E-state index contributed by atoms with van der Waals surface area (Å²) in [5.41, 5.74) is 7.83. The van der Waals surface area contributed by atoms with Gasteiger partial charge in [0.05, 0.1) is 11.6 Å². The van der Waals surface area contributed by atoms with Gasteiger partial charge in [0.1, 0.15) is 0 Å². The normalized spacial score (nSPS) is 45.1. The molecule has 10 fully saturated rings. The minimum Gasteiger partial charge on any atom is -0.352 e. The van der Waals surface area contributed by atoms with E-state index in [0.29, 0.717) is 12.1 Å². The van der Waals surface area contributed by atoms with Gasteiger partial charge in [0.25, 0.3) is 0 Å². The van der Waals surface area contributed by atoms with E-state index >= 15 is 0 Å². The highest BCUT2D eigenvalue weighted by Crippen LogP contribution is 2.58. The number of nitrogens with zero attached hydrogens (tertiary/aromatic N) is 2. The van der Waals surface area contributed by atoms with Gasteiger partial charge >= 0.3 is 0 Å². The Morgan fingerprint density at radius 3 is 1.55 bits per heavy atom. The zero-order valence-electron chi connectivity index (χ0n) is 25.1. The van der Waals surface area contributed by atoms with Gasteiger partial charge in [-0.15, -0.1) is 0 Å². The summed E-state index contributed by atoms with van der Waals surface area (Å²) in [5.74, 6) is 7.58. The first-order chi connectivity index (χ1) is 19.6. The summed E-state index contributed by atoms with van der Waals surface area (Å²) in [6.45, 7) is 0. The Labute approximate surface area is 243 Å². The Bertz CT molecular complexity index is 902. The van der Waals surface area contributed by atoms with Crippen molar-refractivity contribution in [2.24, 2.45) is 45.5 Å². The van der Waals surface area contributed by atoms with Crippen molar-refractivity contribution in [2.75, 3.05) is 0 Å². The fourth-order valence-electron chi connectivity index (χ4n) is 12.1. The lowest BCUT2D eigenvalue weighted by Gasteiger charge is -2.58. The Hall–Kier alpha value is -1.46. The van der Waals surface area contributed by atoms with Crippen LogP contribution in [-0.4, -0.2) is 35.1 Å². The topological polar surface area (TPSA) is 72.8 Å². The molecule has 0 radical (unpaired) electrons. The van der Waals surface area contributed by atoms with E-state index in [9.17, 15) is 0 Å². The number of guanidine groups is 2. The molecule has 6 nitrogen and oxygen atoms in total. The van der Waals surface area contributed by atoms with Crippen LogP contribution in [0.15, 0.2) is 9.98 Å². The van der Waals surface area contributed by atoms with E-state index in [2.05, 4.69) is 21.5 Å². The molecule has 0 aromatic heterocycles. The highest BCUT2D eigenvalue weighted by molar-refractivity contribution is 5.86. The Balaban J connectivity index is 1.05. The van der Waals surface area contributed by atoms with Crippen molar-refractivity contribution in [3.05, 3.63) is 0 Å². The maximum atomic E-state index is 5.76. The van der Waals surface area contributed by atoms with E-state index < -0.39 is 0 Å². The van der Waals surface area contributed by atoms with E-state index in [-0.39, 0.29) is 11.1 Å². The summed E-state index contributed by atoms with van der Waals surface area (Å²) in [7, 11) is 0. The fourth-order valence-corrected chi connectivity index (χ4v) is 12.1. The molecular formula is C34H56N6. The summed E-state index contributed by atoms with van der Waals surface area (Å²) in [5, 5.41) is 8.06. The third-order valence-electron chi connectivity index (χ3n) is 12.9. The SMILES string of the molecule is C1CCC(N=C(NNC(=NC23CC4CC(CC(C4)C2)C3)NC23CC4CC(CC(C4)C2)C3)NC2CCCCC2)CC1. The van der Waals surface area contributed by atoms with Crippen LogP contribution in [0.3, 0.4) is 0 Å². The van der Waals surface area contributed by atoms with Crippen LogP contribution in [0.5, 0.6) is 0 Å². The second-order valence-corrected chi connectivity index (χ2v) is 16.4. The third kappa shape index (κ3) is 5.51. The molecule has 8 bridgehead atoms. The van der Waals surface area contributed by atoms with E-state index in [1.54, 1.807) is 0 Å². The van der Waals surface area contributed by atoms with Gasteiger partial charge in [-0.1, -0.05) is 38.5 Å². The maximum Gasteiger partial charge on any atom is 0.211 e. The summed E-state index contributed by atoms with van der Waals surface area (Å²) >= 11 is 0. The molecular weight excluding hydrogens is 492 g/mol. The predicted molar refractivity (Wildman–Crippen MR) is 163 cm³/mol. The monoisotopic (exact) mass is 548 g/mol. The van der Waals surface area contributed by atoms with Crippen LogP contribution in [0, 0.1) is 35.5 Å². The van der Waals surface area contributed by atoms with Crippen molar-refractivity contribution < 1.29 is 0 Å². The molecule has 0 aromatic rings. The van der Waals surface area contributed by atoms with Gasteiger partial charge in [0, 0.05) is 11.6 Å². The molecule has 4 N–H and O–H groups in total. The van der Waals surface area contributed by atoms with Crippen LogP contribution in [0.4, 0.5) is 0 Å².